The number of piperidine rings is 1. The van der Waals surface area contributed by atoms with Crippen molar-refractivity contribution in [1.29, 1.82) is 0 Å². The number of hydrogen-bond donors (Lipinski definition) is 5. The Bertz CT molecular complexity index is 1360. The van der Waals surface area contributed by atoms with Crippen molar-refractivity contribution in [2.45, 2.75) is 70.5 Å². The summed E-state index contributed by atoms with van der Waals surface area (Å²) >= 11 is 1.18. The molecule has 2 aromatic heterocycles. The minimum absolute atomic E-state index is 0.0145. The van der Waals surface area contributed by atoms with E-state index >= 15 is 0 Å². The predicted molar refractivity (Wildman–Crippen MR) is 149 cm³/mol. The van der Waals surface area contributed by atoms with E-state index < -0.39 is 11.9 Å². The number of hydrogen-bond acceptors (Lipinski definition) is 7. The molecule has 1 fully saturated rings. The van der Waals surface area contributed by atoms with E-state index in [2.05, 4.69) is 60.2 Å². The van der Waals surface area contributed by atoms with Crippen LogP contribution in [0.2, 0.25) is 0 Å². The van der Waals surface area contributed by atoms with Crippen LogP contribution in [0.3, 0.4) is 0 Å². The van der Waals surface area contributed by atoms with Gasteiger partial charge in [0.25, 0.3) is 11.8 Å². The Kier molecular flexibility index (Phi) is 7.64. The zero-order valence-corrected chi connectivity index (χ0v) is 23.3. The van der Waals surface area contributed by atoms with E-state index in [4.69, 9.17) is 5.73 Å². The highest BCUT2D eigenvalue weighted by molar-refractivity contribution is 7.14. The summed E-state index contributed by atoms with van der Waals surface area (Å²) in [5.74, 6) is -1.71. The summed E-state index contributed by atoms with van der Waals surface area (Å²) in [5.41, 5.74) is 7.50. The van der Waals surface area contributed by atoms with Crippen molar-refractivity contribution < 1.29 is 19.5 Å². The highest BCUT2D eigenvalue weighted by atomic mass is 32.1. The molecule has 0 saturated carbocycles. The number of nitrogens with two attached hydrogens (primary N) is 1. The molecule has 0 bridgehead atoms. The van der Waals surface area contributed by atoms with E-state index in [1.54, 1.807) is 23.6 Å². The monoisotopic (exact) mass is 540 g/mol. The number of thiazole rings is 1. The molecule has 6 N–H and O–H groups in total. The highest BCUT2D eigenvalue weighted by Gasteiger charge is 2.43. The van der Waals surface area contributed by atoms with Crippen LogP contribution in [-0.2, 0) is 6.42 Å². The van der Waals surface area contributed by atoms with Gasteiger partial charge in [0.05, 0.1) is 0 Å². The molecular formula is C27H36N6O4S. The molecule has 1 saturated heterocycles. The molecule has 0 atom stereocenters. The minimum atomic E-state index is -1.06. The zero-order valence-electron chi connectivity index (χ0n) is 22.5. The lowest BCUT2D eigenvalue weighted by Crippen LogP contribution is -2.62. The summed E-state index contributed by atoms with van der Waals surface area (Å²) in [5, 5.41) is 18.1. The zero-order chi connectivity index (χ0) is 27.8. The maximum Gasteiger partial charge on any atom is 0.352 e. The lowest BCUT2D eigenvalue weighted by Gasteiger charge is -2.53. The van der Waals surface area contributed by atoms with Gasteiger partial charge in [0.2, 0.25) is 0 Å². The number of aryl methyl sites for hydroxylation is 1. The number of nitrogens with zero attached hydrogens (tertiary/aromatic N) is 2. The fourth-order valence-corrected chi connectivity index (χ4v) is 6.13. The molecule has 2 amide bonds. The number of likely N-dealkylation sites (tertiary alicyclic amines) is 1. The van der Waals surface area contributed by atoms with Crippen LogP contribution in [0.4, 0.5) is 5.13 Å². The van der Waals surface area contributed by atoms with Gasteiger partial charge in [0.1, 0.15) is 11.4 Å². The lowest BCUT2D eigenvalue weighted by atomic mass is 9.77. The number of anilines is 1. The molecule has 38 heavy (non-hydrogen) atoms. The Labute approximate surface area is 226 Å². The van der Waals surface area contributed by atoms with Crippen molar-refractivity contribution in [1.82, 2.24) is 20.2 Å². The number of H-pyrrole nitrogens is 1. The third kappa shape index (κ3) is 5.59. The predicted octanol–water partition coefficient (Wildman–Crippen LogP) is 3.85. The van der Waals surface area contributed by atoms with Gasteiger partial charge in [-0.15, -0.1) is 11.3 Å². The van der Waals surface area contributed by atoms with Gasteiger partial charge < -0.3 is 21.1 Å². The molecule has 1 aromatic carbocycles. The number of carboxylic acids is 1. The first kappa shape index (κ1) is 27.7. The molecule has 1 aliphatic heterocycles. The van der Waals surface area contributed by atoms with E-state index in [0.29, 0.717) is 46.5 Å². The molecule has 1 aliphatic rings. The quantitative estimate of drug-likeness (QED) is 0.291. The topological polar surface area (TPSA) is 153 Å². The third-order valence-corrected chi connectivity index (χ3v) is 8.37. The van der Waals surface area contributed by atoms with Crippen LogP contribution in [0, 0.1) is 0 Å². The van der Waals surface area contributed by atoms with Gasteiger partial charge >= 0.3 is 5.97 Å². The average Bonchev–Trinajstić information content (AvgIpc) is 3.45. The first-order chi connectivity index (χ1) is 17.8. The van der Waals surface area contributed by atoms with E-state index in [-0.39, 0.29) is 34.4 Å². The maximum atomic E-state index is 13.0. The number of rotatable bonds is 8. The smallest absolute Gasteiger partial charge is 0.352 e. The summed E-state index contributed by atoms with van der Waals surface area (Å²) < 4.78 is 0. The lowest BCUT2D eigenvalue weighted by molar-refractivity contribution is -0.0169. The maximum absolute atomic E-state index is 13.0. The van der Waals surface area contributed by atoms with E-state index in [9.17, 15) is 19.5 Å². The summed E-state index contributed by atoms with van der Waals surface area (Å²) in [6.45, 7) is 9.14. The number of carbonyl (C=O) groups excluding carboxylic acids is 2. The Morgan fingerprint density at radius 1 is 1.18 bits per heavy atom. The second-order valence-electron chi connectivity index (χ2n) is 11.2. The minimum Gasteiger partial charge on any atom is -0.477 e. The Morgan fingerprint density at radius 3 is 2.50 bits per heavy atom. The van der Waals surface area contributed by atoms with Gasteiger partial charge in [-0.1, -0.05) is 0 Å². The number of fused-ring (bicyclic) bond motifs is 1. The fourth-order valence-electron chi connectivity index (χ4n) is 5.45. The van der Waals surface area contributed by atoms with Crippen LogP contribution in [-0.4, -0.2) is 68.5 Å². The second-order valence-corrected chi connectivity index (χ2v) is 12.0. The normalized spacial score (nSPS) is 17.4. The largest absolute Gasteiger partial charge is 0.477 e. The summed E-state index contributed by atoms with van der Waals surface area (Å²) in [7, 11) is 2.12. The van der Waals surface area contributed by atoms with Crippen LogP contribution in [0.5, 0.6) is 0 Å². The van der Waals surface area contributed by atoms with Gasteiger partial charge in [-0.2, -0.15) is 0 Å². The number of aromatic carboxylic acids is 1. The molecule has 0 aliphatic carbocycles. The fraction of sp³-hybridized carbons (Fsp3) is 0.481. The number of benzene rings is 1. The number of amides is 2. The van der Waals surface area contributed by atoms with E-state index in [1.807, 2.05) is 0 Å². The molecule has 0 radical (unpaired) electrons. The Morgan fingerprint density at radius 2 is 1.87 bits per heavy atom. The van der Waals surface area contributed by atoms with Crippen molar-refractivity contribution in [3.63, 3.8) is 0 Å². The van der Waals surface area contributed by atoms with Gasteiger partial charge in [-0.3, -0.25) is 19.8 Å². The molecular weight excluding hydrogens is 504 g/mol. The van der Waals surface area contributed by atoms with Crippen LogP contribution in [0.15, 0.2) is 23.6 Å². The molecule has 11 heteroatoms. The van der Waals surface area contributed by atoms with E-state index in [1.165, 1.54) is 11.3 Å². The van der Waals surface area contributed by atoms with Crippen LogP contribution < -0.4 is 16.4 Å². The number of nitrogens with one attached hydrogen (secondary N) is 3. The molecule has 3 heterocycles. The average molecular weight is 541 g/mol. The molecule has 204 valence electrons. The van der Waals surface area contributed by atoms with Crippen molar-refractivity contribution in [3.8, 4) is 0 Å². The van der Waals surface area contributed by atoms with Crippen molar-refractivity contribution in [2.75, 3.05) is 18.9 Å². The third-order valence-electron chi connectivity index (χ3n) is 7.61. The molecule has 0 spiro atoms. The Hall–Kier alpha value is -3.28. The summed E-state index contributed by atoms with van der Waals surface area (Å²) in [6.07, 6.45) is 2.76. The molecule has 3 aromatic rings. The van der Waals surface area contributed by atoms with Crippen LogP contribution >= 0.6 is 11.3 Å². The van der Waals surface area contributed by atoms with Gasteiger partial charge in [0, 0.05) is 39.0 Å². The first-order valence-corrected chi connectivity index (χ1v) is 13.6. The van der Waals surface area contributed by atoms with Crippen molar-refractivity contribution >= 4 is 45.2 Å². The SMILES string of the molecule is CN1C(C)(C)CC(NC(=O)c2csc(NC(=O)c3ccc4[nH]c(C(=O)O)c(CCCN)c4c3)n2)CC1(C)C. The highest BCUT2D eigenvalue weighted by Crippen LogP contribution is 2.37. The Balaban J connectivity index is 1.46. The first-order valence-electron chi connectivity index (χ1n) is 12.7. The summed E-state index contributed by atoms with van der Waals surface area (Å²) in [4.78, 5) is 47.3. The molecule has 4 rings (SSSR count). The van der Waals surface area contributed by atoms with Crippen molar-refractivity contribution in [3.05, 3.63) is 46.1 Å². The standard InChI is InChI=1S/C27H36N6O4S/c1-26(2)12-16(13-27(3,4)33(26)5)29-23(35)20-14-38-25(31-20)32-22(34)15-8-9-19-18(11-15)17(7-6-10-28)21(30-19)24(36)37/h8-9,11,14,16,30H,6-7,10,12-13,28H2,1-5H3,(H,29,35)(H,36,37)(H,31,32,34). The number of carbonyl (C=O) groups is 3. The van der Waals surface area contributed by atoms with E-state index in [0.717, 1.165) is 12.8 Å². The number of aromatic nitrogens is 2. The van der Waals surface area contributed by atoms with Crippen molar-refractivity contribution in [2.24, 2.45) is 5.73 Å². The second kappa shape index (κ2) is 10.5. The van der Waals surface area contributed by atoms with Crippen LogP contribution in [0.25, 0.3) is 10.9 Å². The summed E-state index contributed by atoms with van der Waals surface area (Å²) in [6, 6.07) is 5.00. The molecule has 0 unspecified atom stereocenters. The van der Waals surface area contributed by atoms with Gasteiger partial charge in [-0.25, -0.2) is 9.78 Å². The molecule has 10 nitrogen and oxygen atoms in total. The van der Waals surface area contributed by atoms with Crippen LogP contribution in [0.1, 0.15) is 83.9 Å². The van der Waals surface area contributed by atoms with Gasteiger partial charge in [0.15, 0.2) is 5.13 Å². The number of carboxylic acid groups (broad SMARTS) is 1. The number of aromatic amines is 1. The van der Waals surface area contributed by atoms with Gasteiger partial charge in [-0.05, 0) is 90.7 Å².